The molecule has 0 spiro atoms. The van der Waals surface area contributed by atoms with Gasteiger partial charge in [-0.15, -0.1) is 0 Å². The number of hydrogen-bond acceptors (Lipinski definition) is 7. The Bertz CT molecular complexity index is 1100. The van der Waals surface area contributed by atoms with Gasteiger partial charge in [0, 0.05) is 69.8 Å². The lowest BCUT2D eigenvalue weighted by molar-refractivity contribution is 0.0597. The Morgan fingerprint density at radius 2 is 2.00 bits per heavy atom. The van der Waals surface area contributed by atoms with Crippen LogP contribution in [0.3, 0.4) is 0 Å². The van der Waals surface area contributed by atoms with E-state index in [0.717, 1.165) is 74.6 Å². The highest BCUT2D eigenvalue weighted by Gasteiger charge is 2.26. The maximum absolute atomic E-state index is 12.6. The molecule has 5 heterocycles. The van der Waals surface area contributed by atoms with Crippen LogP contribution in [0.15, 0.2) is 29.0 Å². The third-order valence-electron chi connectivity index (χ3n) is 6.74. The molecule has 176 valence electrons. The van der Waals surface area contributed by atoms with Crippen molar-refractivity contribution in [3.8, 4) is 0 Å². The average Bonchev–Trinajstić information content (AvgIpc) is 3.52. The molecule has 9 heteroatoms. The van der Waals surface area contributed by atoms with Crippen molar-refractivity contribution in [2.75, 3.05) is 44.7 Å². The van der Waals surface area contributed by atoms with E-state index in [1.807, 2.05) is 15.8 Å². The second kappa shape index (κ2) is 9.52. The molecule has 3 aromatic heterocycles. The van der Waals surface area contributed by atoms with Crippen LogP contribution in [-0.4, -0.2) is 75.9 Å². The summed E-state index contributed by atoms with van der Waals surface area (Å²) in [5.41, 5.74) is 4.33. The van der Waals surface area contributed by atoms with Gasteiger partial charge in [-0.2, -0.15) is 5.10 Å². The van der Waals surface area contributed by atoms with Crippen LogP contribution in [0.1, 0.15) is 41.6 Å². The van der Waals surface area contributed by atoms with Crippen molar-refractivity contribution in [2.45, 2.75) is 45.8 Å². The first-order chi connectivity index (χ1) is 16.1. The second-order valence-electron chi connectivity index (χ2n) is 8.83. The van der Waals surface area contributed by atoms with Crippen molar-refractivity contribution in [1.29, 1.82) is 0 Å². The molecular weight excluding hydrogens is 420 g/mol. The standard InChI is InChI=1S/C24H32N6O3/c1-3-30-23-19(15-25-30)22(27-18-6-13-32-14-7-18)20(17(2)26-23)16-28-8-10-29(11-9-28)24(31)21-5-4-12-33-21/h4-5,12,15,18H,3,6-11,13-14,16H2,1-2H3,(H,26,27). The lowest BCUT2D eigenvalue weighted by Crippen LogP contribution is -2.48. The Morgan fingerprint density at radius 3 is 2.70 bits per heavy atom. The Labute approximate surface area is 193 Å². The van der Waals surface area contributed by atoms with Crippen molar-refractivity contribution in [1.82, 2.24) is 24.6 Å². The lowest BCUT2D eigenvalue weighted by Gasteiger charge is -2.35. The van der Waals surface area contributed by atoms with E-state index in [4.69, 9.17) is 14.1 Å². The summed E-state index contributed by atoms with van der Waals surface area (Å²) in [7, 11) is 0. The number of furan rings is 1. The lowest BCUT2D eigenvalue weighted by atomic mass is 10.0. The number of ether oxygens (including phenoxy) is 1. The van der Waals surface area contributed by atoms with E-state index in [1.54, 1.807) is 18.4 Å². The Hall–Kier alpha value is -2.91. The molecule has 2 saturated heterocycles. The third-order valence-corrected chi connectivity index (χ3v) is 6.74. The molecule has 0 unspecified atom stereocenters. The van der Waals surface area contributed by atoms with Gasteiger partial charge in [0.25, 0.3) is 5.91 Å². The minimum Gasteiger partial charge on any atom is -0.459 e. The molecule has 2 aliphatic rings. The van der Waals surface area contributed by atoms with Gasteiger partial charge in [0.1, 0.15) is 0 Å². The quantitative estimate of drug-likeness (QED) is 0.615. The first-order valence-corrected chi connectivity index (χ1v) is 11.9. The number of hydrogen-bond donors (Lipinski definition) is 1. The average molecular weight is 453 g/mol. The molecule has 0 atom stereocenters. The van der Waals surface area contributed by atoms with Crippen LogP contribution in [0.25, 0.3) is 11.0 Å². The molecule has 1 amide bonds. The van der Waals surface area contributed by atoms with Crippen LogP contribution in [0.2, 0.25) is 0 Å². The number of rotatable bonds is 6. The second-order valence-corrected chi connectivity index (χ2v) is 8.83. The smallest absolute Gasteiger partial charge is 0.289 e. The van der Waals surface area contributed by atoms with Gasteiger partial charge in [-0.05, 0) is 38.8 Å². The molecule has 2 fully saturated rings. The van der Waals surface area contributed by atoms with Crippen molar-refractivity contribution >= 4 is 22.6 Å². The highest BCUT2D eigenvalue weighted by molar-refractivity contribution is 5.92. The summed E-state index contributed by atoms with van der Waals surface area (Å²) in [6.45, 7) is 10.3. The zero-order chi connectivity index (χ0) is 22.8. The molecule has 33 heavy (non-hydrogen) atoms. The number of piperazine rings is 1. The molecule has 5 rings (SSSR count). The largest absolute Gasteiger partial charge is 0.459 e. The molecule has 0 aliphatic carbocycles. The zero-order valence-electron chi connectivity index (χ0n) is 19.4. The molecule has 2 aliphatic heterocycles. The van der Waals surface area contributed by atoms with E-state index in [9.17, 15) is 4.79 Å². The number of pyridine rings is 1. The monoisotopic (exact) mass is 452 g/mol. The van der Waals surface area contributed by atoms with Crippen LogP contribution in [0.4, 0.5) is 5.69 Å². The molecule has 1 N–H and O–H groups in total. The number of amides is 1. The fourth-order valence-corrected chi connectivity index (χ4v) is 4.77. The summed E-state index contributed by atoms with van der Waals surface area (Å²) in [5.74, 6) is 0.373. The number of nitrogens with one attached hydrogen (secondary N) is 1. The van der Waals surface area contributed by atoms with E-state index in [1.165, 1.54) is 5.56 Å². The van der Waals surface area contributed by atoms with Crippen molar-refractivity contribution in [3.63, 3.8) is 0 Å². The number of fused-ring (bicyclic) bond motifs is 1. The third kappa shape index (κ3) is 4.47. The van der Waals surface area contributed by atoms with E-state index in [2.05, 4.69) is 29.2 Å². The van der Waals surface area contributed by atoms with Crippen molar-refractivity contribution in [2.24, 2.45) is 0 Å². The predicted octanol–water partition coefficient (Wildman–Crippen LogP) is 2.90. The summed E-state index contributed by atoms with van der Waals surface area (Å²) in [5, 5.41) is 9.48. The summed E-state index contributed by atoms with van der Waals surface area (Å²) in [6.07, 6.45) is 5.48. The molecule has 0 aromatic carbocycles. The Balaban J connectivity index is 1.36. The molecule has 0 radical (unpaired) electrons. The number of carbonyl (C=O) groups is 1. The molecule has 0 saturated carbocycles. The SMILES string of the molecule is CCn1ncc2c(NC3CCOCC3)c(CN3CCN(C(=O)c4ccco4)CC3)c(C)nc21. The van der Waals surface area contributed by atoms with Gasteiger partial charge in [-0.25, -0.2) is 9.67 Å². The summed E-state index contributed by atoms with van der Waals surface area (Å²) in [6, 6.07) is 3.86. The van der Waals surface area contributed by atoms with Gasteiger partial charge in [0.15, 0.2) is 11.4 Å². The highest BCUT2D eigenvalue weighted by Crippen LogP contribution is 2.31. The number of carbonyl (C=O) groups excluding carboxylic acids is 1. The minimum absolute atomic E-state index is 0.0345. The van der Waals surface area contributed by atoms with E-state index < -0.39 is 0 Å². The fourth-order valence-electron chi connectivity index (χ4n) is 4.77. The molecule has 3 aromatic rings. The predicted molar refractivity (Wildman–Crippen MR) is 125 cm³/mol. The zero-order valence-corrected chi connectivity index (χ0v) is 19.4. The van der Waals surface area contributed by atoms with Gasteiger partial charge in [0.05, 0.1) is 23.5 Å². The molecule has 0 bridgehead atoms. The Kier molecular flexibility index (Phi) is 6.32. The first-order valence-electron chi connectivity index (χ1n) is 11.9. The van der Waals surface area contributed by atoms with Gasteiger partial charge in [0.2, 0.25) is 0 Å². The van der Waals surface area contributed by atoms with Crippen molar-refractivity contribution < 1.29 is 13.9 Å². The van der Waals surface area contributed by atoms with E-state index >= 15 is 0 Å². The minimum atomic E-state index is -0.0345. The van der Waals surface area contributed by atoms with Gasteiger partial charge < -0.3 is 19.4 Å². The molecular formula is C24H32N6O3. The van der Waals surface area contributed by atoms with Gasteiger partial charge >= 0.3 is 0 Å². The molecule has 9 nitrogen and oxygen atoms in total. The number of aromatic nitrogens is 3. The summed E-state index contributed by atoms with van der Waals surface area (Å²) < 4.78 is 12.8. The van der Waals surface area contributed by atoms with Crippen molar-refractivity contribution in [3.05, 3.63) is 41.6 Å². The van der Waals surface area contributed by atoms with Crippen LogP contribution in [0, 0.1) is 6.92 Å². The van der Waals surface area contributed by atoms with Crippen LogP contribution in [-0.2, 0) is 17.8 Å². The summed E-state index contributed by atoms with van der Waals surface area (Å²) in [4.78, 5) is 21.8. The fraction of sp³-hybridized carbons (Fsp3) is 0.542. The Morgan fingerprint density at radius 1 is 1.21 bits per heavy atom. The normalized spacial score (nSPS) is 18.2. The number of anilines is 1. The number of nitrogens with zero attached hydrogens (tertiary/aromatic N) is 5. The van der Waals surface area contributed by atoms with Crippen LogP contribution < -0.4 is 5.32 Å². The summed E-state index contributed by atoms with van der Waals surface area (Å²) >= 11 is 0. The topological polar surface area (TPSA) is 88.7 Å². The van der Waals surface area contributed by atoms with Gasteiger partial charge in [-0.1, -0.05) is 0 Å². The highest BCUT2D eigenvalue weighted by atomic mass is 16.5. The maximum Gasteiger partial charge on any atom is 0.289 e. The maximum atomic E-state index is 12.6. The first kappa shape index (κ1) is 21.9. The van der Waals surface area contributed by atoms with Gasteiger partial charge in [-0.3, -0.25) is 9.69 Å². The van der Waals surface area contributed by atoms with Crippen LogP contribution >= 0.6 is 0 Å². The number of aryl methyl sites for hydroxylation is 2. The van der Waals surface area contributed by atoms with Crippen LogP contribution in [0.5, 0.6) is 0 Å². The van der Waals surface area contributed by atoms with E-state index in [-0.39, 0.29) is 5.91 Å². The van der Waals surface area contributed by atoms with E-state index in [0.29, 0.717) is 24.9 Å².